The molecule has 2 nitrogen and oxygen atoms in total. The van der Waals surface area contributed by atoms with Crippen molar-refractivity contribution in [3.63, 3.8) is 0 Å². The summed E-state index contributed by atoms with van der Waals surface area (Å²) in [4.78, 5) is 0. The molecule has 0 N–H and O–H groups in total. The summed E-state index contributed by atoms with van der Waals surface area (Å²) >= 11 is 13.8. The van der Waals surface area contributed by atoms with E-state index >= 15 is 0 Å². The Morgan fingerprint density at radius 3 is 1.39 bits per heavy atom. The molecule has 4 aliphatic rings. The maximum atomic E-state index is 13.9. The molecular weight excluding hydrogens is 712 g/mol. The predicted octanol–water partition coefficient (Wildman–Crippen LogP) is 14.4. The summed E-state index contributed by atoms with van der Waals surface area (Å²) in [5.41, 5.74) is 1.13. The van der Waals surface area contributed by atoms with E-state index in [0.717, 1.165) is 73.0 Å². The number of allylic oxidation sites excluding steroid dienone is 4. The minimum Gasteiger partial charge on any atom is -0.271 e. The quantitative estimate of drug-likeness (QED) is 0.177. The van der Waals surface area contributed by atoms with Crippen molar-refractivity contribution in [3.05, 3.63) is 94.6 Å². The molecule has 8 atom stereocenters. The number of benzene rings is 2. The summed E-state index contributed by atoms with van der Waals surface area (Å²) in [5.74, 6) is 2.70. The average molecular weight is 759 g/mol. The number of halogens is 7. The third kappa shape index (κ3) is 12.2. The molecule has 0 amide bonds. The van der Waals surface area contributed by atoms with E-state index in [-0.39, 0.29) is 5.92 Å². The van der Waals surface area contributed by atoms with Crippen LogP contribution in [-0.2, 0) is 4.57 Å². The molecule has 2 aromatic carbocycles. The van der Waals surface area contributed by atoms with Gasteiger partial charge in [0.15, 0.2) is 0 Å². The molecule has 268 valence electrons. The Bertz CT molecular complexity index is 1500. The maximum Gasteiger partial charge on any atom is 0.339 e. The van der Waals surface area contributed by atoms with E-state index in [1.165, 1.54) is 69.2 Å². The third-order valence-electron chi connectivity index (χ3n) is 11.2. The van der Waals surface area contributed by atoms with Gasteiger partial charge in [0.1, 0.15) is 34.9 Å². The van der Waals surface area contributed by atoms with Crippen LogP contribution in [0.2, 0.25) is 0 Å². The predicted molar refractivity (Wildman–Crippen MR) is 194 cm³/mol. The highest BCUT2D eigenvalue weighted by molar-refractivity contribution is 8.24. The minimum absolute atomic E-state index is 0.228. The van der Waals surface area contributed by atoms with Gasteiger partial charge in [0.05, 0.1) is 0 Å². The minimum atomic E-state index is -3.22. The van der Waals surface area contributed by atoms with Gasteiger partial charge >= 0.3 is 5.20 Å². The van der Waals surface area contributed by atoms with Crippen molar-refractivity contribution in [1.82, 2.24) is 0 Å². The van der Waals surface area contributed by atoms with Gasteiger partial charge in [0.25, 0.3) is 0 Å². The van der Waals surface area contributed by atoms with Gasteiger partial charge in [0.2, 0.25) is 0 Å². The molecule has 0 bridgehead atoms. The van der Waals surface area contributed by atoms with Crippen LogP contribution in [0, 0.1) is 70.1 Å². The Labute approximate surface area is 304 Å². The molecule has 4 fully saturated rings. The number of hydrogen-bond donors (Lipinski definition) is 0. The van der Waals surface area contributed by atoms with E-state index in [1.54, 1.807) is 6.07 Å². The van der Waals surface area contributed by atoms with Crippen molar-refractivity contribution in [1.29, 1.82) is 5.26 Å². The molecule has 4 aliphatic carbocycles. The summed E-state index contributed by atoms with van der Waals surface area (Å²) in [6.45, 7) is 4.18. The van der Waals surface area contributed by atoms with E-state index in [0.29, 0.717) is 17.8 Å². The first-order chi connectivity index (χ1) is 23.3. The van der Waals surface area contributed by atoms with Crippen LogP contribution in [0.1, 0.15) is 119 Å². The highest BCUT2D eigenvalue weighted by atomic mass is 36.0. The number of nitrogens with zero attached hydrogens (tertiary/aromatic N) is 1. The van der Waals surface area contributed by atoms with Crippen LogP contribution >= 0.6 is 38.9 Å². The molecule has 0 spiro atoms. The van der Waals surface area contributed by atoms with Crippen molar-refractivity contribution in [3.8, 4) is 6.07 Å². The summed E-state index contributed by atoms with van der Waals surface area (Å²) in [5, 5.41) is 5.57. The standard InChI is InChI=1S/C20H23F2N.C19H24F2.Cl3OP/c1-2-3-13-4-5-15-9-16(7-6-14(15)8-13)17-10-19(21)18(12-23)20(22)11-17;1-2-3-13-4-5-15-9-16(7-6-14(15)8-13)17-10-18(20)12-19(21)11-17;1-5(2,3)4/h2-3,10-11,13-16H,4-9H2,1H3;2-3,10-16H,4-9H2,1H3;. The molecule has 49 heavy (non-hydrogen) atoms. The Balaban J connectivity index is 0.000000195. The summed E-state index contributed by atoms with van der Waals surface area (Å²) < 4.78 is 64.1. The first-order valence-corrected chi connectivity index (χ1v) is 22.0. The fourth-order valence-electron chi connectivity index (χ4n) is 9.10. The van der Waals surface area contributed by atoms with Crippen LogP contribution < -0.4 is 0 Å². The molecule has 10 heteroatoms. The van der Waals surface area contributed by atoms with Crippen molar-refractivity contribution >= 4 is 38.9 Å². The van der Waals surface area contributed by atoms with Crippen LogP contribution in [0.25, 0.3) is 0 Å². The molecule has 6 rings (SSSR count). The highest BCUT2D eigenvalue weighted by Crippen LogP contribution is 2.61. The van der Waals surface area contributed by atoms with Gasteiger partial charge in [-0.25, -0.2) is 17.6 Å². The number of fused-ring (bicyclic) bond motifs is 2. The van der Waals surface area contributed by atoms with Crippen LogP contribution in [0.4, 0.5) is 17.6 Å². The third-order valence-corrected chi connectivity index (χ3v) is 11.2. The lowest BCUT2D eigenvalue weighted by molar-refractivity contribution is 0.133. The first-order valence-electron chi connectivity index (χ1n) is 17.6. The number of hydrogen-bond acceptors (Lipinski definition) is 2. The van der Waals surface area contributed by atoms with E-state index in [2.05, 4.69) is 71.9 Å². The van der Waals surface area contributed by atoms with E-state index in [1.807, 2.05) is 0 Å². The smallest absolute Gasteiger partial charge is 0.271 e. The van der Waals surface area contributed by atoms with Crippen molar-refractivity contribution in [2.75, 3.05) is 0 Å². The van der Waals surface area contributed by atoms with E-state index < -0.39 is 34.0 Å². The van der Waals surface area contributed by atoms with Crippen molar-refractivity contribution < 1.29 is 22.1 Å². The Kier molecular flexibility index (Phi) is 15.2. The lowest BCUT2D eigenvalue weighted by atomic mass is 9.64. The number of nitriles is 1. The average Bonchev–Trinajstić information content (AvgIpc) is 3.03. The van der Waals surface area contributed by atoms with Crippen molar-refractivity contribution in [2.45, 2.75) is 103 Å². The van der Waals surface area contributed by atoms with Crippen LogP contribution in [0.15, 0.2) is 54.6 Å². The Morgan fingerprint density at radius 2 is 1.00 bits per heavy atom. The van der Waals surface area contributed by atoms with Gasteiger partial charge in [0, 0.05) is 6.07 Å². The lowest BCUT2D eigenvalue weighted by Gasteiger charge is -2.41. The molecule has 4 saturated carbocycles. The zero-order chi connectivity index (χ0) is 35.7. The van der Waals surface area contributed by atoms with Crippen LogP contribution in [0.5, 0.6) is 0 Å². The summed E-state index contributed by atoms with van der Waals surface area (Å²) in [6, 6.07) is 8.37. The van der Waals surface area contributed by atoms with E-state index in [9.17, 15) is 22.1 Å². The van der Waals surface area contributed by atoms with Gasteiger partial charge < -0.3 is 0 Å². The Morgan fingerprint density at radius 1 is 0.633 bits per heavy atom. The molecule has 2 aromatic rings. The molecular formula is C39H47Cl3F4NOP. The molecule has 0 aliphatic heterocycles. The van der Waals surface area contributed by atoms with Crippen LogP contribution in [-0.4, -0.2) is 0 Å². The SMILES string of the molecule is CC=CC1CCC2CC(c3cc(F)c(C#N)c(F)c3)CCC2C1.CC=CC1CCC2CC(c3cc(F)cc(F)c3)CCC2C1.O=P(Cl)(Cl)Cl. The molecule has 0 heterocycles. The second kappa shape index (κ2) is 18.6. The van der Waals surface area contributed by atoms with Gasteiger partial charge in [-0.2, -0.15) is 5.26 Å². The van der Waals surface area contributed by atoms with Gasteiger partial charge in [-0.15, -0.1) is 0 Å². The highest BCUT2D eigenvalue weighted by Gasteiger charge is 2.37. The fraction of sp³-hybridized carbons (Fsp3) is 0.564. The molecule has 8 unspecified atom stereocenters. The first kappa shape index (κ1) is 40.0. The zero-order valence-electron chi connectivity index (χ0n) is 28.2. The summed E-state index contributed by atoms with van der Waals surface area (Å²) in [7, 11) is 0. The second-order valence-corrected chi connectivity index (χ2v) is 21.0. The normalized spacial score (nSPS) is 29.9. The molecule has 0 saturated heterocycles. The number of rotatable bonds is 4. The fourth-order valence-corrected chi connectivity index (χ4v) is 9.10. The Hall–Kier alpha value is -1.77. The monoisotopic (exact) mass is 757 g/mol. The zero-order valence-corrected chi connectivity index (χ0v) is 31.4. The largest absolute Gasteiger partial charge is 0.339 e. The van der Waals surface area contributed by atoms with Crippen molar-refractivity contribution in [2.24, 2.45) is 35.5 Å². The lowest BCUT2D eigenvalue weighted by Crippen LogP contribution is -2.30. The van der Waals surface area contributed by atoms with Gasteiger partial charge in [-0.1, -0.05) is 24.3 Å². The van der Waals surface area contributed by atoms with Gasteiger partial charge in [-0.05, 0) is 207 Å². The maximum absolute atomic E-state index is 13.9. The van der Waals surface area contributed by atoms with E-state index in [4.69, 9.17) is 5.26 Å². The topological polar surface area (TPSA) is 40.9 Å². The summed E-state index contributed by atoms with van der Waals surface area (Å²) in [6.07, 6.45) is 23.1. The molecule has 0 radical (unpaired) electrons. The van der Waals surface area contributed by atoms with Gasteiger partial charge in [-0.3, -0.25) is 4.57 Å². The second-order valence-electron chi connectivity index (χ2n) is 14.3. The van der Waals surface area contributed by atoms with Crippen LogP contribution in [0.3, 0.4) is 0 Å². The molecule has 0 aromatic heterocycles.